The molecule has 1 saturated heterocycles. The molecule has 134 valence electrons. The van der Waals surface area contributed by atoms with E-state index in [4.69, 9.17) is 16.3 Å². The second-order valence-electron chi connectivity index (χ2n) is 5.72. The molecule has 26 heavy (non-hydrogen) atoms. The van der Waals surface area contributed by atoms with Gasteiger partial charge < -0.3 is 15.0 Å². The summed E-state index contributed by atoms with van der Waals surface area (Å²) in [5.74, 6) is 0.0451. The number of carbonyl (C=O) groups excluding carboxylic acids is 3. The second kappa shape index (κ2) is 7.45. The average Bonchev–Trinajstić information content (AvgIpc) is 2.84. The monoisotopic (exact) mass is 373 g/mol. The Morgan fingerprint density at radius 2 is 1.92 bits per heavy atom. The molecule has 0 aliphatic carbocycles. The number of anilines is 1. The molecule has 1 fully saturated rings. The van der Waals surface area contributed by atoms with Gasteiger partial charge >= 0.3 is 6.03 Å². The van der Waals surface area contributed by atoms with Crippen molar-refractivity contribution in [2.75, 3.05) is 25.5 Å². The van der Waals surface area contributed by atoms with Crippen molar-refractivity contribution in [3.63, 3.8) is 0 Å². The number of likely N-dealkylation sites (N-methyl/N-ethyl adjacent to an activating group) is 1. The molecule has 2 aromatic rings. The molecule has 0 atom stereocenters. The Labute approximate surface area is 155 Å². The van der Waals surface area contributed by atoms with Crippen molar-refractivity contribution < 1.29 is 19.1 Å². The highest BCUT2D eigenvalue weighted by atomic mass is 35.5. The van der Waals surface area contributed by atoms with Crippen LogP contribution in [-0.2, 0) is 9.59 Å². The molecule has 4 amide bonds. The molecule has 1 aliphatic heterocycles. The lowest BCUT2D eigenvalue weighted by Crippen LogP contribution is -2.38. The van der Waals surface area contributed by atoms with E-state index in [0.717, 1.165) is 4.90 Å². The zero-order chi connectivity index (χ0) is 18.7. The smallest absolute Gasteiger partial charge is 0.327 e. The van der Waals surface area contributed by atoms with Crippen molar-refractivity contribution in [2.45, 2.75) is 0 Å². The molecule has 8 heteroatoms. The van der Waals surface area contributed by atoms with Crippen LogP contribution in [0.3, 0.4) is 0 Å². The Morgan fingerprint density at radius 1 is 1.19 bits per heavy atom. The van der Waals surface area contributed by atoms with Crippen molar-refractivity contribution in [1.82, 2.24) is 9.80 Å². The van der Waals surface area contributed by atoms with Gasteiger partial charge in [0.1, 0.15) is 18.8 Å². The third-order valence-electron chi connectivity index (χ3n) is 3.72. The van der Waals surface area contributed by atoms with Gasteiger partial charge in [0.15, 0.2) is 5.75 Å². The second-order valence-corrected chi connectivity index (χ2v) is 6.16. The Balaban J connectivity index is 1.74. The number of urea groups is 1. The molecule has 1 aliphatic rings. The Hall–Kier alpha value is -3.06. The lowest BCUT2D eigenvalue weighted by Gasteiger charge is -2.16. The standard InChI is InChI=1S/C18H16ClN3O4/c1-21-11-17(24)22(18(21)25)10-16(23)20-14-9-12(19)7-8-15(14)26-13-5-3-2-4-6-13/h2-9H,10-11H2,1H3,(H,20,23). The molecule has 2 aromatic carbocycles. The quantitative estimate of drug-likeness (QED) is 0.817. The van der Waals surface area contributed by atoms with E-state index in [-0.39, 0.29) is 13.1 Å². The van der Waals surface area contributed by atoms with Crippen LogP contribution < -0.4 is 10.1 Å². The third kappa shape index (κ3) is 3.94. The Bertz CT molecular complexity index is 857. The van der Waals surface area contributed by atoms with Gasteiger partial charge in [-0.15, -0.1) is 0 Å². The number of rotatable bonds is 5. The maximum absolute atomic E-state index is 12.3. The van der Waals surface area contributed by atoms with Gasteiger partial charge in [0.05, 0.1) is 5.69 Å². The SMILES string of the molecule is CN1CC(=O)N(CC(=O)Nc2cc(Cl)ccc2Oc2ccccc2)C1=O. The molecular weight excluding hydrogens is 358 g/mol. The summed E-state index contributed by atoms with van der Waals surface area (Å²) < 4.78 is 5.77. The summed E-state index contributed by atoms with van der Waals surface area (Å²) in [6.07, 6.45) is 0. The van der Waals surface area contributed by atoms with Crippen molar-refractivity contribution in [3.05, 3.63) is 53.6 Å². The highest BCUT2D eigenvalue weighted by molar-refractivity contribution is 6.31. The molecule has 0 spiro atoms. The van der Waals surface area contributed by atoms with Crippen LogP contribution in [0.4, 0.5) is 10.5 Å². The maximum atomic E-state index is 12.3. The van der Waals surface area contributed by atoms with Gasteiger partial charge in [-0.1, -0.05) is 29.8 Å². The van der Waals surface area contributed by atoms with Gasteiger partial charge in [0.2, 0.25) is 5.91 Å². The van der Waals surface area contributed by atoms with Crippen molar-refractivity contribution >= 4 is 35.1 Å². The predicted octanol–water partition coefficient (Wildman–Crippen LogP) is 2.96. The summed E-state index contributed by atoms with van der Waals surface area (Å²) in [5.41, 5.74) is 0.346. The first kappa shape index (κ1) is 17.8. The number of carbonyl (C=O) groups is 3. The first-order valence-corrected chi connectivity index (χ1v) is 8.19. The Morgan fingerprint density at radius 3 is 2.58 bits per heavy atom. The highest BCUT2D eigenvalue weighted by Gasteiger charge is 2.34. The molecule has 3 rings (SSSR count). The van der Waals surface area contributed by atoms with E-state index in [9.17, 15) is 14.4 Å². The molecule has 7 nitrogen and oxygen atoms in total. The van der Waals surface area contributed by atoms with Gasteiger partial charge in [-0.05, 0) is 30.3 Å². The summed E-state index contributed by atoms with van der Waals surface area (Å²) in [5, 5.41) is 3.05. The van der Waals surface area contributed by atoms with Crippen LogP contribution in [0.5, 0.6) is 11.5 Å². The van der Waals surface area contributed by atoms with Crippen LogP contribution in [0.2, 0.25) is 5.02 Å². The number of hydrogen-bond donors (Lipinski definition) is 1. The van der Waals surface area contributed by atoms with Crippen LogP contribution in [0.1, 0.15) is 0 Å². The zero-order valence-electron chi connectivity index (χ0n) is 13.9. The van der Waals surface area contributed by atoms with Gasteiger partial charge in [-0.2, -0.15) is 0 Å². The van der Waals surface area contributed by atoms with Crippen LogP contribution in [-0.4, -0.2) is 47.8 Å². The molecule has 1 N–H and O–H groups in total. The highest BCUT2D eigenvalue weighted by Crippen LogP contribution is 2.32. The number of halogens is 1. The Kier molecular flexibility index (Phi) is 5.09. The van der Waals surface area contributed by atoms with Crippen molar-refractivity contribution in [2.24, 2.45) is 0 Å². The van der Waals surface area contributed by atoms with E-state index < -0.39 is 17.8 Å². The number of hydrogen-bond acceptors (Lipinski definition) is 4. The number of amides is 4. The number of imide groups is 1. The molecule has 0 unspecified atom stereocenters. The van der Waals surface area contributed by atoms with E-state index in [1.54, 1.807) is 24.3 Å². The summed E-state index contributed by atoms with van der Waals surface area (Å²) in [6, 6.07) is 13.4. The molecule has 1 heterocycles. The summed E-state index contributed by atoms with van der Waals surface area (Å²) >= 11 is 6.01. The van der Waals surface area contributed by atoms with E-state index in [1.165, 1.54) is 18.0 Å². The van der Waals surface area contributed by atoms with Crippen LogP contribution in [0.15, 0.2) is 48.5 Å². The van der Waals surface area contributed by atoms with Crippen LogP contribution >= 0.6 is 11.6 Å². The minimum absolute atomic E-state index is 0.0361. The first-order chi connectivity index (χ1) is 12.4. The minimum Gasteiger partial charge on any atom is -0.455 e. The molecule has 0 radical (unpaired) electrons. The fourth-order valence-electron chi connectivity index (χ4n) is 2.46. The van der Waals surface area contributed by atoms with Gasteiger partial charge in [0, 0.05) is 12.1 Å². The van der Waals surface area contributed by atoms with Gasteiger partial charge in [-0.25, -0.2) is 4.79 Å². The number of nitrogens with one attached hydrogen (secondary N) is 1. The molecule has 0 aromatic heterocycles. The number of nitrogens with zero attached hydrogens (tertiary/aromatic N) is 2. The maximum Gasteiger partial charge on any atom is 0.327 e. The molecule has 0 saturated carbocycles. The van der Waals surface area contributed by atoms with Crippen LogP contribution in [0, 0.1) is 0 Å². The lowest BCUT2D eigenvalue weighted by atomic mass is 10.2. The van der Waals surface area contributed by atoms with Gasteiger partial charge in [0.25, 0.3) is 5.91 Å². The fraction of sp³-hybridized carbons (Fsp3) is 0.167. The number of ether oxygens (including phenoxy) is 1. The fourth-order valence-corrected chi connectivity index (χ4v) is 2.63. The number of benzene rings is 2. The van der Waals surface area contributed by atoms with E-state index in [1.807, 2.05) is 18.2 Å². The summed E-state index contributed by atoms with van der Waals surface area (Å²) in [4.78, 5) is 38.1. The van der Waals surface area contributed by atoms with E-state index in [0.29, 0.717) is 22.2 Å². The lowest BCUT2D eigenvalue weighted by molar-refractivity contribution is -0.129. The minimum atomic E-state index is -0.526. The van der Waals surface area contributed by atoms with E-state index >= 15 is 0 Å². The topological polar surface area (TPSA) is 79.0 Å². The molecular formula is C18H16ClN3O4. The molecule has 0 bridgehead atoms. The normalized spacial score (nSPS) is 13.9. The first-order valence-electron chi connectivity index (χ1n) is 7.82. The zero-order valence-corrected chi connectivity index (χ0v) is 14.7. The van der Waals surface area contributed by atoms with Crippen molar-refractivity contribution in [1.29, 1.82) is 0 Å². The summed E-state index contributed by atoms with van der Waals surface area (Å²) in [6.45, 7) is -0.412. The van der Waals surface area contributed by atoms with Crippen molar-refractivity contribution in [3.8, 4) is 11.5 Å². The predicted molar refractivity (Wildman–Crippen MR) is 96.3 cm³/mol. The average molecular weight is 374 g/mol. The van der Waals surface area contributed by atoms with Crippen LogP contribution in [0.25, 0.3) is 0 Å². The van der Waals surface area contributed by atoms with E-state index in [2.05, 4.69) is 5.32 Å². The number of para-hydroxylation sites is 1. The third-order valence-corrected chi connectivity index (χ3v) is 3.95. The summed E-state index contributed by atoms with van der Waals surface area (Å²) in [7, 11) is 1.50. The largest absolute Gasteiger partial charge is 0.455 e. The van der Waals surface area contributed by atoms with Gasteiger partial charge in [-0.3, -0.25) is 14.5 Å².